The number of sulfonamides is 1. The number of nitrogens with two attached hydrogens (primary N) is 1. The Balaban J connectivity index is 0.00000220. The van der Waals surface area contributed by atoms with Crippen molar-refractivity contribution in [2.75, 3.05) is 25.4 Å². The predicted molar refractivity (Wildman–Crippen MR) is 81.8 cm³/mol. The molecule has 0 bridgehead atoms. The highest BCUT2D eigenvalue weighted by atomic mass is 35.5. The van der Waals surface area contributed by atoms with Crippen molar-refractivity contribution in [1.29, 1.82) is 0 Å². The molecule has 1 saturated heterocycles. The van der Waals surface area contributed by atoms with Crippen LogP contribution in [0, 0.1) is 0 Å². The molecule has 21 heavy (non-hydrogen) atoms. The molecule has 0 aromatic carbocycles. The van der Waals surface area contributed by atoms with Crippen molar-refractivity contribution >= 4 is 28.3 Å². The number of hydrogen-bond acceptors (Lipinski definition) is 5. The third-order valence-corrected chi connectivity index (χ3v) is 5.05. The number of carbonyl (C=O) groups is 1. The van der Waals surface area contributed by atoms with Crippen LogP contribution >= 0.6 is 12.4 Å². The Bertz CT molecular complexity index is 447. The normalized spacial score (nSPS) is 24.0. The van der Waals surface area contributed by atoms with Crippen molar-refractivity contribution in [2.24, 2.45) is 5.73 Å². The standard InChI is InChI=1S/C12H23N3O4S.ClH/c13-12(4-5-12)11(16)14-6-8-20(17,18)15-9-10-3-1-2-7-19-10;/h10,15H,1-9,13H2,(H,14,16);1H. The summed E-state index contributed by atoms with van der Waals surface area (Å²) in [6, 6.07) is 0. The molecule has 0 aromatic heterocycles. The summed E-state index contributed by atoms with van der Waals surface area (Å²) in [6.45, 7) is 1.08. The number of carbonyl (C=O) groups excluding carboxylic acids is 1. The van der Waals surface area contributed by atoms with Gasteiger partial charge in [0.2, 0.25) is 15.9 Å². The van der Waals surface area contributed by atoms with Gasteiger partial charge in [0.15, 0.2) is 0 Å². The lowest BCUT2D eigenvalue weighted by Crippen LogP contribution is -2.45. The van der Waals surface area contributed by atoms with Gasteiger partial charge in [0, 0.05) is 19.7 Å². The summed E-state index contributed by atoms with van der Waals surface area (Å²) in [6.07, 6.45) is 4.30. The minimum atomic E-state index is -3.39. The number of rotatable bonds is 7. The SMILES string of the molecule is Cl.NC1(C(=O)NCCS(=O)(=O)NCC2CCCCO2)CC1. The second kappa shape index (κ2) is 7.73. The van der Waals surface area contributed by atoms with Crippen molar-refractivity contribution in [3.8, 4) is 0 Å². The van der Waals surface area contributed by atoms with E-state index in [4.69, 9.17) is 10.5 Å². The molecule has 1 unspecified atom stereocenters. The van der Waals surface area contributed by atoms with E-state index in [-0.39, 0.29) is 36.7 Å². The van der Waals surface area contributed by atoms with Crippen LogP contribution < -0.4 is 15.8 Å². The molecule has 0 aromatic rings. The maximum atomic E-state index is 11.8. The van der Waals surface area contributed by atoms with E-state index in [9.17, 15) is 13.2 Å². The Morgan fingerprint density at radius 2 is 2.05 bits per heavy atom. The van der Waals surface area contributed by atoms with Gasteiger partial charge in [-0.2, -0.15) is 0 Å². The van der Waals surface area contributed by atoms with Crippen LogP contribution in [0.5, 0.6) is 0 Å². The van der Waals surface area contributed by atoms with E-state index < -0.39 is 15.6 Å². The monoisotopic (exact) mass is 341 g/mol. The van der Waals surface area contributed by atoms with E-state index in [2.05, 4.69) is 10.0 Å². The molecule has 1 heterocycles. The van der Waals surface area contributed by atoms with Crippen LogP contribution in [-0.4, -0.2) is 51.4 Å². The van der Waals surface area contributed by atoms with Crippen LogP contribution in [-0.2, 0) is 19.6 Å². The minimum Gasteiger partial charge on any atom is -0.377 e. The Kier molecular flexibility index (Phi) is 6.86. The molecule has 1 atom stereocenters. The van der Waals surface area contributed by atoms with Crippen LogP contribution in [0.15, 0.2) is 0 Å². The van der Waals surface area contributed by atoms with E-state index in [0.29, 0.717) is 26.0 Å². The van der Waals surface area contributed by atoms with Gasteiger partial charge in [-0.1, -0.05) is 0 Å². The van der Waals surface area contributed by atoms with Crippen molar-refractivity contribution in [3.05, 3.63) is 0 Å². The Labute approximate surface area is 131 Å². The average Bonchev–Trinajstić information content (AvgIpc) is 3.17. The highest BCUT2D eigenvalue weighted by Gasteiger charge is 2.45. The van der Waals surface area contributed by atoms with Gasteiger partial charge in [-0.05, 0) is 32.1 Å². The highest BCUT2D eigenvalue weighted by molar-refractivity contribution is 7.89. The second-order valence-electron chi connectivity index (χ2n) is 5.57. The van der Waals surface area contributed by atoms with Gasteiger partial charge < -0.3 is 15.8 Å². The zero-order valence-electron chi connectivity index (χ0n) is 12.0. The lowest BCUT2D eigenvalue weighted by molar-refractivity contribution is -0.123. The summed E-state index contributed by atoms with van der Waals surface area (Å²) in [5.41, 5.74) is 4.95. The van der Waals surface area contributed by atoms with Crippen LogP contribution in [0.1, 0.15) is 32.1 Å². The van der Waals surface area contributed by atoms with Crippen molar-refractivity contribution in [3.63, 3.8) is 0 Å². The van der Waals surface area contributed by atoms with E-state index in [0.717, 1.165) is 19.3 Å². The lowest BCUT2D eigenvalue weighted by atomic mass is 10.1. The molecule has 1 amide bonds. The zero-order chi connectivity index (χ0) is 14.6. The van der Waals surface area contributed by atoms with Gasteiger partial charge in [-0.15, -0.1) is 12.4 Å². The summed E-state index contributed by atoms with van der Waals surface area (Å²) in [5, 5.41) is 2.56. The summed E-state index contributed by atoms with van der Waals surface area (Å²) in [4.78, 5) is 11.5. The average molecular weight is 342 g/mol. The van der Waals surface area contributed by atoms with Gasteiger partial charge >= 0.3 is 0 Å². The fraction of sp³-hybridized carbons (Fsp3) is 0.917. The molecule has 2 aliphatic rings. The van der Waals surface area contributed by atoms with Gasteiger partial charge in [0.1, 0.15) is 0 Å². The van der Waals surface area contributed by atoms with Gasteiger partial charge in [-0.3, -0.25) is 4.79 Å². The number of hydrogen-bond donors (Lipinski definition) is 3. The molecule has 1 saturated carbocycles. The van der Waals surface area contributed by atoms with Gasteiger partial charge in [0.25, 0.3) is 0 Å². The smallest absolute Gasteiger partial charge is 0.240 e. The Hall–Kier alpha value is -0.410. The first-order valence-corrected chi connectivity index (χ1v) is 8.73. The molecular formula is C12H24ClN3O4S. The third-order valence-electron chi connectivity index (χ3n) is 3.70. The molecule has 1 aliphatic carbocycles. The zero-order valence-corrected chi connectivity index (χ0v) is 13.6. The number of halogens is 1. The molecule has 1 aliphatic heterocycles. The molecular weight excluding hydrogens is 318 g/mol. The first-order chi connectivity index (χ1) is 9.41. The predicted octanol–water partition coefficient (Wildman–Crippen LogP) is -0.496. The first-order valence-electron chi connectivity index (χ1n) is 7.07. The van der Waals surface area contributed by atoms with E-state index in [1.165, 1.54) is 0 Å². The Morgan fingerprint density at radius 3 is 2.62 bits per heavy atom. The largest absolute Gasteiger partial charge is 0.377 e. The molecule has 7 nitrogen and oxygen atoms in total. The summed E-state index contributed by atoms with van der Waals surface area (Å²) in [7, 11) is -3.39. The Morgan fingerprint density at radius 1 is 1.33 bits per heavy atom. The molecule has 0 radical (unpaired) electrons. The maximum absolute atomic E-state index is 11.8. The third kappa shape index (κ3) is 6.07. The van der Waals surface area contributed by atoms with E-state index >= 15 is 0 Å². The van der Waals surface area contributed by atoms with Crippen molar-refractivity contribution < 1.29 is 17.9 Å². The molecule has 124 valence electrons. The summed E-state index contributed by atoms with van der Waals surface area (Å²) in [5.74, 6) is -0.398. The summed E-state index contributed by atoms with van der Waals surface area (Å²) < 4.78 is 31.5. The first kappa shape index (κ1) is 18.6. The molecule has 2 rings (SSSR count). The molecule has 9 heteroatoms. The van der Waals surface area contributed by atoms with Crippen LogP contribution in [0.4, 0.5) is 0 Å². The quantitative estimate of drug-likeness (QED) is 0.578. The molecule has 4 N–H and O–H groups in total. The van der Waals surface area contributed by atoms with Crippen LogP contribution in [0.3, 0.4) is 0 Å². The van der Waals surface area contributed by atoms with Gasteiger partial charge in [-0.25, -0.2) is 13.1 Å². The fourth-order valence-electron chi connectivity index (χ4n) is 2.10. The fourth-order valence-corrected chi connectivity index (χ4v) is 3.05. The molecule has 2 fully saturated rings. The minimum absolute atomic E-state index is 0. The lowest BCUT2D eigenvalue weighted by Gasteiger charge is -2.22. The summed E-state index contributed by atoms with van der Waals surface area (Å²) >= 11 is 0. The molecule has 0 spiro atoms. The van der Waals surface area contributed by atoms with Crippen LogP contribution in [0.25, 0.3) is 0 Å². The second-order valence-corrected chi connectivity index (χ2v) is 7.49. The van der Waals surface area contributed by atoms with Crippen molar-refractivity contribution in [1.82, 2.24) is 10.0 Å². The van der Waals surface area contributed by atoms with Crippen LogP contribution in [0.2, 0.25) is 0 Å². The maximum Gasteiger partial charge on any atom is 0.240 e. The van der Waals surface area contributed by atoms with Gasteiger partial charge in [0.05, 0.1) is 17.4 Å². The van der Waals surface area contributed by atoms with Crippen molar-refractivity contribution in [2.45, 2.75) is 43.7 Å². The van der Waals surface area contributed by atoms with E-state index in [1.807, 2.05) is 0 Å². The topological polar surface area (TPSA) is 111 Å². The highest BCUT2D eigenvalue weighted by Crippen LogP contribution is 2.31. The number of amides is 1. The van der Waals surface area contributed by atoms with E-state index in [1.54, 1.807) is 0 Å². The number of ether oxygens (including phenoxy) is 1. The number of nitrogens with one attached hydrogen (secondary N) is 2.